The summed E-state index contributed by atoms with van der Waals surface area (Å²) in [4.78, 5) is 12.3. The summed E-state index contributed by atoms with van der Waals surface area (Å²) < 4.78 is 1.66. The van der Waals surface area contributed by atoms with Gasteiger partial charge in [-0.05, 0) is 12.8 Å². The molecule has 0 saturated carbocycles. The molecule has 0 aromatic carbocycles. The molecular weight excluding hydrogens is 394 g/mol. The minimum Gasteiger partial charge on any atom is -0.354 e. The van der Waals surface area contributed by atoms with Crippen LogP contribution in [0.1, 0.15) is 129 Å². The van der Waals surface area contributed by atoms with Crippen LogP contribution in [0.25, 0.3) is 0 Å². The second kappa shape index (κ2) is 18.7. The average Bonchev–Trinajstić information content (AvgIpc) is 3.16. The van der Waals surface area contributed by atoms with E-state index < -0.39 is 0 Å². The highest BCUT2D eigenvalue weighted by atomic mass is 35.5. The normalized spacial score (nSPS) is 12.2. The molecule has 1 heterocycles. The van der Waals surface area contributed by atoms with Crippen LogP contribution in [-0.4, -0.2) is 22.2 Å². The number of aromatic nitrogens is 2. The minimum atomic E-state index is -0.265. The lowest BCUT2D eigenvalue weighted by atomic mass is 10.0. The molecule has 30 heavy (non-hydrogen) atoms. The van der Waals surface area contributed by atoms with Gasteiger partial charge in [-0.25, -0.2) is 0 Å². The molecule has 0 aliphatic rings. The van der Waals surface area contributed by atoms with Crippen molar-refractivity contribution < 1.29 is 4.79 Å². The number of halogens is 1. The largest absolute Gasteiger partial charge is 0.354 e. The predicted molar refractivity (Wildman–Crippen MR) is 129 cm³/mol. The fraction of sp³-hybridized carbons (Fsp3) is 0.840. The van der Waals surface area contributed by atoms with Crippen molar-refractivity contribution in [1.29, 1.82) is 0 Å². The first-order chi connectivity index (χ1) is 14.7. The van der Waals surface area contributed by atoms with Gasteiger partial charge in [-0.15, -0.1) is 0 Å². The van der Waals surface area contributed by atoms with Gasteiger partial charge < -0.3 is 5.32 Å². The van der Waals surface area contributed by atoms with Crippen molar-refractivity contribution in [3.8, 4) is 0 Å². The van der Waals surface area contributed by atoms with Crippen LogP contribution in [0.3, 0.4) is 0 Å². The maximum atomic E-state index is 12.3. The Balaban J connectivity index is 1.86. The molecule has 0 bridgehead atoms. The van der Waals surface area contributed by atoms with Gasteiger partial charge in [0.2, 0.25) is 5.91 Å². The maximum absolute atomic E-state index is 12.3. The molecule has 0 fully saturated rings. The van der Waals surface area contributed by atoms with Gasteiger partial charge in [0.05, 0.1) is 11.2 Å². The van der Waals surface area contributed by atoms with E-state index in [0.717, 1.165) is 13.0 Å². The van der Waals surface area contributed by atoms with Crippen LogP contribution in [-0.2, 0) is 4.79 Å². The van der Waals surface area contributed by atoms with E-state index in [0.29, 0.717) is 11.4 Å². The fourth-order valence-electron chi connectivity index (χ4n) is 3.98. The number of hydrogen-bond acceptors (Lipinski definition) is 2. The van der Waals surface area contributed by atoms with E-state index in [1.807, 2.05) is 6.92 Å². The van der Waals surface area contributed by atoms with Crippen LogP contribution in [0.5, 0.6) is 0 Å². The Morgan fingerprint density at radius 1 is 0.867 bits per heavy atom. The molecule has 1 aromatic heterocycles. The van der Waals surface area contributed by atoms with Gasteiger partial charge in [-0.3, -0.25) is 9.48 Å². The molecule has 5 heteroatoms. The zero-order chi connectivity index (χ0) is 21.9. The number of hydrogen-bond donors (Lipinski definition) is 1. The highest BCUT2D eigenvalue weighted by Crippen LogP contribution is 2.15. The van der Waals surface area contributed by atoms with Crippen LogP contribution < -0.4 is 5.32 Å². The molecule has 1 atom stereocenters. The van der Waals surface area contributed by atoms with Gasteiger partial charge in [0.15, 0.2) is 0 Å². The van der Waals surface area contributed by atoms with Gasteiger partial charge in [-0.2, -0.15) is 5.10 Å². The Hall–Kier alpha value is -1.03. The molecule has 0 radical (unpaired) electrons. The molecular formula is C25H46ClN3O. The quantitative estimate of drug-likeness (QED) is 0.210. The Bertz CT molecular complexity index is 532. The molecule has 0 aliphatic carbocycles. The molecule has 0 saturated heterocycles. The van der Waals surface area contributed by atoms with Gasteiger partial charge >= 0.3 is 0 Å². The average molecular weight is 440 g/mol. The van der Waals surface area contributed by atoms with Gasteiger partial charge in [0.1, 0.15) is 6.04 Å². The minimum absolute atomic E-state index is 0.0400. The van der Waals surface area contributed by atoms with Gasteiger partial charge in [0.25, 0.3) is 0 Å². The Morgan fingerprint density at radius 3 is 1.73 bits per heavy atom. The maximum Gasteiger partial charge on any atom is 0.244 e. The topological polar surface area (TPSA) is 46.9 Å². The van der Waals surface area contributed by atoms with Crippen molar-refractivity contribution >= 4 is 17.5 Å². The first kappa shape index (κ1) is 27.0. The van der Waals surface area contributed by atoms with E-state index >= 15 is 0 Å². The van der Waals surface area contributed by atoms with E-state index in [2.05, 4.69) is 17.3 Å². The summed E-state index contributed by atoms with van der Waals surface area (Å²) in [6.07, 6.45) is 25.8. The Labute approximate surface area is 190 Å². The van der Waals surface area contributed by atoms with Gasteiger partial charge in [0, 0.05) is 12.7 Å². The number of rotatable bonds is 20. The number of amides is 1. The molecule has 1 unspecified atom stereocenters. The highest BCUT2D eigenvalue weighted by molar-refractivity contribution is 6.30. The molecule has 1 N–H and O–H groups in total. The summed E-state index contributed by atoms with van der Waals surface area (Å²) in [7, 11) is 0. The third-order valence-electron chi connectivity index (χ3n) is 5.91. The first-order valence-electron chi connectivity index (χ1n) is 12.7. The number of carbonyl (C=O) groups excluding carboxylic acids is 1. The predicted octanol–water partition coefficient (Wildman–Crippen LogP) is 7.87. The zero-order valence-corrected chi connectivity index (χ0v) is 20.4. The van der Waals surface area contributed by atoms with E-state index in [9.17, 15) is 4.79 Å². The fourth-order valence-corrected chi connectivity index (χ4v) is 4.12. The third kappa shape index (κ3) is 13.3. The van der Waals surface area contributed by atoms with Crippen molar-refractivity contribution in [2.75, 3.05) is 6.54 Å². The van der Waals surface area contributed by atoms with E-state index in [-0.39, 0.29) is 11.9 Å². The molecule has 174 valence electrons. The summed E-state index contributed by atoms with van der Waals surface area (Å²) in [6.45, 7) is 5.03. The summed E-state index contributed by atoms with van der Waals surface area (Å²) in [5.74, 6) is 0.0400. The molecule has 1 amide bonds. The van der Waals surface area contributed by atoms with E-state index in [4.69, 9.17) is 11.6 Å². The first-order valence-corrected chi connectivity index (χ1v) is 13.0. The van der Waals surface area contributed by atoms with E-state index in [1.54, 1.807) is 17.1 Å². The zero-order valence-electron chi connectivity index (χ0n) is 19.6. The van der Waals surface area contributed by atoms with Crippen LogP contribution in [0.4, 0.5) is 0 Å². The van der Waals surface area contributed by atoms with Crippen LogP contribution in [0, 0.1) is 0 Å². The molecule has 1 aromatic rings. The number of nitrogens with zero attached hydrogens (tertiary/aromatic N) is 2. The summed E-state index contributed by atoms with van der Waals surface area (Å²) >= 11 is 5.91. The van der Waals surface area contributed by atoms with Crippen molar-refractivity contribution in [1.82, 2.24) is 15.1 Å². The van der Waals surface area contributed by atoms with Crippen LogP contribution in [0.2, 0.25) is 5.02 Å². The monoisotopic (exact) mass is 439 g/mol. The van der Waals surface area contributed by atoms with Crippen molar-refractivity contribution in [3.05, 3.63) is 17.4 Å². The second-order valence-corrected chi connectivity index (χ2v) is 9.09. The standard InChI is InChI=1S/C25H46ClN3O/c1-3-5-6-7-8-9-10-11-12-13-14-15-16-17-18-19-20-27-25(30)24(4-2)29-22-23(26)21-28-29/h21-22,24H,3-20H2,1-2H3,(H,27,30). The lowest BCUT2D eigenvalue weighted by Gasteiger charge is -2.15. The van der Waals surface area contributed by atoms with Crippen molar-refractivity contribution in [2.45, 2.75) is 129 Å². The smallest absolute Gasteiger partial charge is 0.244 e. The second-order valence-electron chi connectivity index (χ2n) is 8.66. The lowest BCUT2D eigenvalue weighted by Crippen LogP contribution is -2.33. The number of nitrogens with one attached hydrogen (secondary N) is 1. The Kier molecular flexibility index (Phi) is 16.8. The van der Waals surface area contributed by atoms with Crippen molar-refractivity contribution in [3.63, 3.8) is 0 Å². The SMILES string of the molecule is CCCCCCCCCCCCCCCCCCNC(=O)C(CC)n1cc(Cl)cn1. The summed E-state index contributed by atoms with van der Waals surface area (Å²) in [5.41, 5.74) is 0. The Morgan fingerprint density at radius 2 is 1.33 bits per heavy atom. The van der Waals surface area contributed by atoms with Gasteiger partial charge in [-0.1, -0.05) is 122 Å². The molecule has 0 spiro atoms. The number of unbranched alkanes of at least 4 members (excludes halogenated alkanes) is 15. The molecule has 0 aliphatic heterocycles. The van der Waals surface area contributed by atoms with E-state index in [1.165, 1.54) is 96.3 Å². The lowest BCUT2D eigenvalue weighted by molar-refractivity contribution is -0.124. The highest BCUT2D eigenvalue weighted by Gasteiger charge is 2.18. The molecule has 4 nitrogen and oxygen atoms in total. The number of carbonyl (C=O) groups is 1. The summed E-state index contributed by atoms with van der Waals surface area (Å²) in [6, 6.07) is -0.265. The van der Waals surface area contributed by atoms with Crippen LogP contribution in [0.15, 0.2) is 12.4 Å². The van der Waals surface area contributed by atoms with Crippen LogP contribution >= 0.6 is 11.6 Å². The van der Waals surface area contributed by atoms with Crippen molar-refractivity contribution in [2.24, 2.45) is 0 Å². The summed E-state index contributed by atoms with van der Waals surface area (Å²) in [5, 5.41) is 7.78. The third-order valence-corrected chi connectivity index (χ3v) is 6.10. The molecule has 1 rings (SSSR count).